The number of aliphatic imine (C=N–C) groups is 1. The number of nitrogens with two attached hydrogens (primary N) is 1. The highest BCUT2D eigenvalue weighted by Crippen LogP contribution is 2.27. The molecule has 26 heavy (non-hydrogen) atoms. The minimum Gasteiger partial charge on any atom is -0.493 e. The average molecular weight is 363 g/mol. The monoisotopic (exact) mass is 362 g/mol. The molecule has 1 aliphatic heterocycles. The first-order valence-electron chi connectivity index (χ1n) is 9.55. The number of hydrogen-bond donors (Lipinski definition) is 2. The molecule has 0 aliphatic carbocycles. The molecule has 0 bridgehead atoms. The summed E-state index contributed by atoms with van der Waals surface area (Å²) >= 11 is 0. The van der Waals surface area contributed by atoms with Crippen molar-refractivity contribution in [3.63, 3.8) is 0 Å². The Kier molecular flexibility index (Phi) is 8.04. The van der Waals surface area contributed by atoms with Crippen molar-refractivity contribution in [1.29, 1.82) is 0 Å². The van der Waals surface area contributed by atoms with Crippen molar-refractivity contribution in [2.24, 2.45) is 10.7 Å². The number of nitrogens with zero attached hydrogens (tertiary/aromatic N) is 2. The SMILES string of the molecule is COc1ccc(CCNC(N)=NCC(C)N2CCCCC2C)cc1OC. The van der Waals surface area contributed by atoms with Gasteiger partial charge in [-0.25, -0.2) is 0 Å². The minimum atomic E-state index is 0.427. The van der Waals surface area contributed by atoms with Crippen LogP contribution in [-0.2, 0) is 6.42 Å². The van der Waals surface area contributed by atoms with Crippen LogP contribution < -0.4 is 20.5 Å². The molecule has 146 valence electrons. The Morgan fingerprint density at radius 3 is 2.77 bits per heavy atom. The van der Waals surface area contributed by atoms with Gasteiger partial charge in [0.1, 0.15) is 0 Å². The number of methoxy groups -OCH3 is 2. The lowest BCUT2D eigenvalue weighted by Crippen LogP contribution is -2.45. The van der Waals surface area contributed by atoms with Crippen LogP contribution in [0.5, 0.6) is 11.5 Å². The summed E-state index contributed by atoms with van der Waals surface area (Å²) in [5.41, 5.74) is 7.19. The van der Waals surface area contributed by atoms with Gasteiger partial charge in [0, 0.05) is 18.6 Å². The third-order valence-corrected chi connectivity index (χ3v) is 5.11. The molecular formula is C20H34N4O2. The molecule has 0 amide bonds. The van der Waals surface area contributed by atoms with Crippen molar-refractivity contribution >= 4 is 5.96 Å². The largest absolute Gasteiger partial charge is 0.493 e. The van der Waals surface area contributed by atoms with Gasteiger partial charge < -0.3 is 20.5 Å². The average Bonchev–Trinajstić information content (AvgIpc) is 2.66. The molecule has 2 unspecified atom stereocenters. The van der Waals surface area contributed by atoms with Gasteiger partial charge in [0.15, 0.2) is 17.5 Å². The molecule has 2 atom stereocenters. The Labute approximate surface area is 157 Å². The fraction of sp³-hybridized carbons (Fsp3) is 0.650. The highest BCUT2D eigenvalue weighted by atomic mass is 16.5. The molecule has 0 aromatic heterocycles. The zero-order valence-electron chi connectivity index (χ0n) is 16.6. The van der Waals surface area contributed by atoms with Gasteiger partial charge in [-0.1, -0.05) is 12.5 Å². The zero-order chi connectivity index (χ0) is 18.9. The van der Waals surface area contributed by atoms with E-state index in [1.807, 2.05) is 18.2 Å². The van der Waals surface area contributed by atoms with Gasteiger partial charge in [-0.05, 0) is 57.4 Å². The van der Waals surface area contributed by atoms with Crippen LogP contribution in [0.3, 0.4) is 0 Å². The van der Waals surface area contributed by atoms with Crippen molar-refractivity contribution in [3.05, 3.63) is 23.8 Å². The van der Waals surface area contributed by atoms with Gasteiger partial charge in [-0.2, -0.15) is 0 Å². The van der Waals surface area contributed by atoms with Gasteiger partial charge in [0.05, 0.1) is 20.8 Å². The maximum absolute atomic E-state index is 6.03. The van der Waals surface area contributed by atoms with Gasteiger partial charge in [-0.15, -0.1) is 0 Å². The fourth-order valence-corrected chi connectivity index (χ4v) is 3.54. The molecule has 1 aromatic carbocycles. The molecule has 0 radical (unpaired) electrons. The molecule has 0 saturated carbocycles. The molecule has 6 heteroatoms. The number of ether oxygens (including phenoxy) is 2. The third kappa shape index (κ3) is 5.80. The van der Waals surface area contributed by atoms with E-state index in [9.17, 15) is 0 Å². The van der Waals surface area contributed by atoms with Crippen LogP contribution >= 0.6 is 0 Å². The number of piperidine rings is 1. The fourth-order valence-electron chi connectivity index (χ4n) is 3.54. The Bertz CT molecular complexity index is 591. The van der Waals surface area contributed by atoms with Gasteiger partial charge in [0.2, 0.25) is 0 Å². The Balaban J connectivity index is 1.77. The van der Waals surface area contributed by atoms with Crippen molar-refractivity contribution in [3.8, 4) is 11.5 Å². The maximum Gasteiger partial charge on any atom is 0.188 e. The highest BCUT2D eigenvalue weighted by Gasteiger charge is 2.22. The van der Waals surface area contributed by atoms with Crippen LogP contribution in [0.1, 0.15) is 38.7 Å². The molecule has 1 heterocycles. The number of nitrogens with one attached hydrogen (secondary N) is 1. The van der Waals surface area contributed by atoms with Gasteiger partial charge >= 0.3 is 0 Å². The number of hydrogen-bond acceptors (Lipinski definition) is 4. The third-order valence-electron chi connectivity index (χ3n) is 5.11. The first kappa shape index (κ1) is 20.4. The summed E-state index contributed by atoms with van der Waals surface area (Å²) in [4.78, 5) is 7.07. The zero-order valence-corrected chi connectivity index (χ0v) is 16.6. The molecular weight excluding hydrogens is 328 g/mol. The lowest BCUT2D eigenvalue weighted by atomic mass is 10.0. The summed E-state index contributed by atoms with van der Waals surface area (Å²) in [6, 6.07) is 7.03. The summed E-state index contributed by atoms with van der Waals surface area (Å²) < 4.78 is 10.6. The second-order valence-electron chi connectivity index (χ2n) is 7.02. The van der Waals surface area contributed by atoms with E-state index in [4.69, 9.17) is 15.2 Å². The molecule has 3 N–H and O–H groups in total. The first-order valence-corrected chi connectivity index (χ1v) is 9.55. The summed E-state index contributed by atoms with van der Waals surface area (Å²) in [7, 11) is 3.29. The quantitative estimate of drug-likeness (QED) is 0.549. The lowest BCUT2D eigenvalue weighted by molar-refractivity contribution is 0.118. The predicted molar refractivity (Wildman–Crippen MR) is 107 cm³/mol. The highest BCUT2D eigenvalue weighted by molar-refractivity contribution is 5.77. The van der Waals surface area contributed by atoms with E-state index in [0.717, 1.165) is 31.0 Å². The van der Waals surface area contributed by atoms with E-state index in [2.05, 4.69) is 29.1 Å². The van der Waals surface area contributed by atoms with E-state index in [1.165, 1.54) is 31.4 Å². The molecule has 1 fully saturated rings. The Morgan fingerprint density at radius 2 is 2.08 bits per heavy atom. The van der Waals surface area contributed by atoms with Gasteiger partial charge in [-0.3, -0.25) is 9.89 Å². The molecule has 1 saturated heterocycles. The first-order chi connectivity index (χ1) is 12.5. The molecule has 1 aliphatic rings. The van der Waals surface area contributed by atoms with Gasteiger partial charge in [0.25, 0.3) is 0 Å². The van der Waals surface area contributed by atoms with Crippen LogP contribution in [0.4, 0.5) is 0 Å². The number of likely N-dealkylation sites (tertiary alicyclic amines) is 1. The van der Waals surface area contributed by atoms with E-state index in [0.29, 0.717) is 18.0 Å². The minimum absolute atomic E-state index is 0.427. The lowest BCUT2D eigenvalue weighted by Gasteiger charge is -2.37. The maximum atomic E-state index is 6.03. The predicted octanol–water partition coefficient (Wildman–Crippen LogP) is 2.41. The Morgan fingerprint density at radius 1 is 1.31 bits per heavy atom. The van der Waals surface area contributed by atoms with Crippen LogP contribution in [-0.4, -0.2) is 56.8 Å². The second-order valence-corrected chi connectivity index (χ2v) is 7.02. The molecule has 2 rings (SSSR count). The molecule has 1 aromatic rings. The normalized spacial score (nSPS) is 19.8. The molecule has 0 spiro atoms. The smallest absolute Gasteiger partial charge is 0.188 e. The van der Waals surface area contributed by atoms with E-state index < -0.39 is 0 Å². The van der Waals surface area contributed by atoms with E-state index >= 15 is 0 Å². The van der Waals surface area contributed by atoms with Crippen LogP contribution in [0.2, 0.25) is 0 Å². The number of benzene rings is 1. The number of rotatable bonds is 8. The van der Waals surface area contributed by atoms with Crippen LogP contribution in [0.15, 0.2) is 23.2 Å². The topological polar surface area (TPSA) is 72.1 Å². The van der Waals surface area contributed by atoms with E-state index in [1.54, 1.807) is 14.2 Å². The van der Waals surface area contributed by atoms with Crippen molar-refractivity contribution in [1.82, 2.24) is 10.2 Å². The summed E-state index contributed by atoms with van der Waals surface area (Å²) in [5, 5.41) is 3.20. The summed E-state index contributed by atoms with van der Waals surface area (Å²) in [5.74, 6) is 2.00. The standard InChI is InChI=1S/C20H34N4O2/c1-15-7-5-6-12-24(15)16(2)14-23-20(21)22-11-10-17-8-9-18(25-3)19(13-17)26-4/h8-9,13,15-16H,5-7,10-12,14H2,1-4H3,(H3,21,22,23). The van der Waals surface area contributed by atoms with E-state index in [-0.39, 0.29) is 0 Å². The number of guanidine groups is 1. The molecule has 6 nitrogen and oxygen atoms in total. The Hall–Kier alpha value is -1.95. The van der Waals surface area contributed by atoms with Crippen molar-refractivity contribution in [2.75, 3.05) is 33.9 Å². The van der Waals surface area contributed by atoms with Crippen LogP contribution in [0, 0.1) is 0 Å². The van der Waals surface area contributed by atoms with Crippen molar-refractivity contribution < 1.29 is 9.47 Å². The second kappa shape index (κ2) is 10.3. The van der Waals surface area contributed by atoms with Crippen molar-refractivity contribution in [2.45, 2.75) is 51.6 Å². The summed E-state index contributed by atoms with van der Waals surface area (Å²) in [6.45, 7) is 7.19. The van der Waals surface area contributed by atoms with Crippen LogP contribution in [0.25, 0.3) is 0 Å². The summed E-state index contributed by atoms with van der Waals surface area (Å²) in [6.07, 6.45) is 4.76.